The van der Waals surface area contributed by atoms with Crippen molar-refractivity contribution >= 4 is 62.9 Å². The topological polar surface area (TPSA) is 61.8 Å². The first-order valence-corrected chi connectivity index (χ1v) is 8.20. The lowest BCUT2D eigenvalue weighted by Gasteiger charge is -2.06. The van der Waals surface area contributed by atoms with Crippen LogP contribution in [0.4, 0.5) is 0 Å². The normalized spacial score (nSPS) is 12.7. The van der Waals surface area contributed by atoms with Crippen LogP contribution in [0.2, 0.25) is 5.02 Å². The van der Waals surface area contributed by atoms with Crippen LogP contribution in [0, 0.1) is 0 Å². The molecule has 0 aliphatic carbocycles. The summed E-state index contributed by atoms with van der Waals surface area (Å²) in [5.41, 5.74) is 0.987. The van der Waals surface area contributed by atoms with Crippen LogP contribution in [0.15, 0.2) is 50.1 Å². The van der Waals surface area contributed by atoms with Crippen LogP contribution in [-0.2, 0) is 4.74 Å². The highest BCUT2D eigenvalue weighted by Gasteiger charge is 2.06. The minimum Gasteiger partial charge on any atom is -0.377 e. The van der Waals surface area contributed by atoms with E-state index in [-0.39, 0.29) is 0 Å². The Labute approximate surface area is 146 Å². The van der Waals surface area contributed by atoms with Crippen LogP contribution >= 0.6 is 39.5 Å². The molecule has 0 bridgehead atoms. The number of ether oxygens (including phenoxy) is 1. The molecule has 8 heteroatoms. The molecule has 2 aromatic rings. The molecule has 0 radical (unpaired) electrons. The van der Waals surface area contributed by atoms with Gasteiger partial charge >= 0.3 is 0 Å². The van der Waals surface area contributed by atoms with Gasteiger partial charge in [0.1, 0.15) is 17.0 Å². The summed E-state index contributed by atoms with van der Waals surface area (Å²) in [7, 11) is 1.61. The van der Waals surface area contributed by atoms with Gasteiger partial charge in [0.2, 0.25) is 0 Å². The van der Waals surface area contributed by atoms with Crippen LogP contribution in [0.25, 0.3) is 10.9 Å². The number of nitrogens with one attached hydrogen (secondary N) is 2. The fourth-order valence-corrected chi connectivity index (χ4v) is 2.69. The number of aromatic nitrogens is 1. The van der Waals surface area contributed by atoms with Gasteiger partial charge in [-0.3, -0.25) is 4.99 Å². The summed E-state index contributed by atoms with van der Waals surface area (Å²) in [6.45, 7) is 3.76. The molecule has 0 saturated heterocycles. The first-order valence-electron chi connectivity index (χ1n) is 6.21. The second-order valence-electron chi connectivity index (χ2n) is 4.17. The zero-order chi connectivity index (χ0) is 15.9. The van der Waals surface area contributed by atoms with E-state index < -0.39 is 0 Å². The molecule has 0 atom stereocenters. The Hall–Kier alpha value is -1.28. The van der Waals surface area contributed by atoms with Gasteiger partial charge in [-0.15, -0.1) is 0 Å². The van der Waals surface area contributed by atoms with Crippen molar-refractivity contribution in [3.05, 3.63) is 40.2 Å². The van der Waals surface area contributed by atoms with Gasteiger partial charge in [0.15, 0.2) is 0 Å². The Morgan fingerprint density at radius 3 is 3.14 bits per heavy atom. The Kier molecular flexibility index (Phi) is 6.50. The monoisotopic (exact) mass is 400 g/mol. The summed E-state index contributed by atoms with van der Waals surface area (Å²) in [4.78, 5) is 12.2. The number of aliphatic imine (C=N–C) groups is 2. The predicted octanol–water partition coefficient (Wildman–Crippen LogP) is 4.36. The number of halogens is 2. The molecule has 1 heterocycles. The van der Waals surface area contributed by atoms with Gasteiger partial charge in [-0.25, -0.2) is 4.99 Å². The molecule has 1 aromatic carbocycles. The Morgan fingerprint density at radius 2 is 2.41 bits per heavy atom. The average molecular weight is 402 g/mol. The Bertz CT molecular complexity index is 729. The van der Waals surface area contributed by atoms with Crippen molar-refractivity contribution in [1.29, 1.82) is 0 Å². The summed E-state index contributed by atoms with van der Waals surface area (Å²) in [5, 5.41) is 1.79. The van der Waals surface area contributed by atoms with E-state index in [1.165, 1.54) is 11.9 Å². The lowest BCUT2D eigenvalue weighted by molar-refractivity contribution is 0.244. The number of rotatable bonds is 6. The molecule has 22 heavy (non-hydrogen) atoms. The molecule has 116 valence electrons. The number of H-pyrrole nitrogens is 1. The van der Waals surface area contributed by atoms with Crippen LogP contribution < -0.4 is 4.72 Å². The van der Waals surface area contributed by atoms with Crippen molar-refractivity contribution in [3.8, 4) is 0 Å². The zero-order valence-electron chi connectivity index (χ0n) is 11.8. The SMILES string of the molecule is C=N/C(Br)=C\N=C(COC)NSc1c[nH]c2cc(Cl)ccc12. The molecule has 0 unspecified atom stereocenters. The van der Waals surface area contributed by atoms with Gasteiger partial charge in [-0.05, 0) is 46.7 Å². The van der Waals surface area contributed by atoms with Gasteiger partial charge in [-0.2, -0.15) is 0 Å². The summed E-state index contributed by atoms with van der Waals surface area (Å²) in [6.07, 6.45) is 3.48. The number of hydrogen-bond donors (Lipinski definition) is 2. The van der Waals surface area contributed by atoms with Crippen molar-refractivity contribution in [2.24, 2.45) is 9.98 Å². The van der Waals surface area contributed by atoms with Crippen LogP contribution in [-0.4, -0.2) is 31.3 Å². The van der Waals surface area contributed by atoms with E-state index in [2.05, 4.69) is 42.3 Å². The molecule has 0 spiro atoms. The Morgan fingerprint density at radius 1 is 1.59 bits per heavy atom. The van der Waals surface area contributed by atoms with Crippen LogP contribution in [0.5, 0.6) is 0 Å². The third-order valence-corrected chi connectivity index (χ3v) is 4.23. The number of methoxy groups -OCH3 is 1. The minimum absolute atomic E-state index is 0.356. The number of aromatic amines is 1. The largest absolute Gasteiger partial charge is 0.377 e. The first-order chi connectivity index (χ1) is 10.6. The lowest BCUT2D eigenvalue weighted by atomic mass is 10.2. The van der Waals surface area contributed by atoms with E-state index >= 15 is 0 Å². The van der Waals surface area contributed by atoms with Gasteiger partial charge in [-0.1, -0.05) is 17.7 Å². The number of amidine groups is 1. The maximum atomic E-state index is 5.98. The minimum atomic E-state index is 0.356. The number of hydrogen-bond acceptors (Lipinski definition) is 4. The van der Waals surface area contributed by atoms with Gasteiger partial charge in [0.25, 0.3) is 0 Å². The van der Waals surface area contributed by atoms with Crippen molar-refractivity contribution < 1.29 is 4.74 Å². The molecular weight excluding hydrogens is 388 g/mol. The van der Waals surface area contributed by atoms with E-state index in [1.54, 1.807) is 13.3 Å². The maximum Gasteiger partial charge on any atom is 0.138 e. The fraction of sp³-hybridized carbons (Fsp3) is 0.143. The lowest BCUT2D eigenvalue weighted by Crippen LogP contribution is -2.20. The van der Waals surface area contributed by atoms with Crippen LogP contribution in [0.1, 0.15) is 0 Å². The fourth-order valence-electron chi connectivity index (χ4n) is 1.67. The molecule has 2 rings (SSSR count). The third kappa shape index (κ3) is 4.61. The zero-order valence-corrected chi connectivity index (χ0v) is 14.9. The summed E-state index contributed by atoms with van der Waals surface area (Å²) < 4.78 is 8.84. The van der Waals surface area contributed by atoms with Crippen molar-refractivity contribution in [1.82, 2.24) is 9.71 Å². The van der Waals surface area contributed by atoms with E-state index in [4.69, 9.17) is 16.3 Å². The van der Waals surface area contributed by atoms with Crippen molar-refractivity contribution in [2.75, 3.05) is 13.7 Å². The summed E-state index contributed by atoms with van der Waals surface area (Å²) in [6, 6.07) is 5.73. The second kappa shape index (κ2) is 8.38. The average Bonchev–Trinajstić information content (AvgIpc) is 2.91. The van der Waals surface area contributed by atoms with Crippen molar-refractivity contribution in [2.45, 2.75) is 4.90 Å². The van der Waals surface area contributed by atoms with Gasteiger partial charge in [0.05, 0.1) is 11.1 Å². The number of nitrogens with zero attached hydrogens (tertiary/aromatic N) is 2. The maximum absolute atomic E-state index is 5.98. The quantitative estimate of drug-likeness (QED) is 0.327. The van der Waals surface area contributed by atoms with E-state index in [0.29, 0.717) is 22.1 Å². The number of benzene rings is 1. The molecule has 0 amide bonds. The highest BCUT2D eigenvalue weighted by molar-refractivity contribution is 9.11. The number of fused-ring (bicyclic) bond motifs is 1. The van der Waals surface area contributed by atoms with E-state index in [0.717, 1.165) is 15.8 Å². The highest BCUT2D eigenvalue weighted by Crippen LogP contribution is 2.27. The standard InChI is InChI=1S/C14H14BrClN4OS/c1-17-13(15)7-19-14(8-21-2)20-22-12-6-18-11-5-9(16)3-4-10(11)12/h3-7,18H,1,8H2,2H3,(H,19,20)/b13-7-. The molecular formula is C14H14BrClN4OS. The molecule has 0 saturated carbocycles. The molecule has 5 nitrogen and oxygen atoms in total. The van der Waals surface area contributed by atoms with E-state index in [9.17, 15) is 0 Å². The van der Waals surface area contributed by atoms with Gasteiger partial charge < -0.3 is 14.4 Å². The highest BCUT2D eigenvalue weighted by atomic mass is 79.9. The first kappa shape index (κ1) is 17.1. The molecule has 0 fully saturated rings. The van der Waals surface area contributed by atoms with Crippen molar-refractivity contribution in [3.63, 3.8) is 0 Å². The Balaban J connectivity index is 2.12. The smallest absolute Gasteiger partial charge is 0.138 e. The molecule has 0 aliphatic heterocycles. The van der Waals surface area contributed by atoms with E-state index in [1.807, 2.05) is 24.4 Å². The summed E-state index contributed by atoms with van der Waals surface area (Å²) in [5.74, 6) is 0.663. The molecule has 2 N–H and O–H groups in total. The second-order valence-corrected chi connectivity index (χ2v) is 6.26. The molecule has 1 aromatic heterocycles. The summed E-state index contributed by atoms with van der Waals surface area (Å²) >= 11 is 10.6. The molecule has 0 aliphatic rings. The third-order valence-electron chi connectivity index (χ3n) is 2.64. The van der Waals surface area contributed by atoms with Gasteiger partial charge in [0, 0.05) is 29.2 Å². The predicted molar refractivity (Wildman–Crippen MR) is 98.2 cm³/mol. The van der Waals surface area contributed by atoms with Crippen LogP contribution in [0.3, 0.4) is 0 Å².